The van der Waals surface area contributed by atoms with Crippen LogP contribution in [0.4, 0.5) is 0 Å². The SMILES string of the molecule is CCP(O)S. The highest BCUT2D eigenvalue weighted by Crippen LogP contribution is 2.33. The van der Waals surface area contributed by atoms with Gasteiger partial charge in [-0.2, -0.15) is 0 Å². The normalized spacial score (nSPS) is 15.0. The zero-order valence-corrected chi connectivity index (χ0v) is 4.84. The zero-order chi connectivity index (χ0) is 4.28. The fourth-order valence-corrected chi connectivity index (χ4v) is 0. The van der Waals surface area contributed by atoms with E-state index in [1.165, 1.54) is 0 Å². The van der Waals surface area contributed by atoms with Crippen LogP contribution in [0.2, 0.25) is 0 Å². The van der Waals surface area contributed by atoms with Crippen LogP contribution >= 0.6 is 19.6 Å². The Bertz CT molecular complexity index is 23.6. The van der Waals surface area contributed by atoms with Crippen molar-refractivity contribution in [2.75, 3.05) is 6.16 Å². The first kappa shape index (κ1) is 5.74. The predicted molar refractivity (Wildman–Crippen MR) is 28.7 cm³/mol. The van der Waals surface area contributed by atoms with E-state index < -0.39 is 7.35 Å². The van der Waals surface area contributed by atoms with Crippen molar-refractivity contribution < 1.29 is 4.89 Å². The molecule has 5 heavy (non-hydrogen) atoms. The summed E-state index contributed by atoms with van der Waals surface area (Å²) in [5.41, 5.74) is 0. The smallest absolute Gasteiger partial charge is 0.0813 e. The number of rotatable bonds is 1. The van der Waals surface area contributed by atoms with Crippen molar-refractivity contribution in [3.05, 3.63) is 0 Å². The Morgan fingerprint density at radius 2 is 2.20 bits per heavy atom. The lowest BCUT2D eigenvalue weighted by atomic mass is 11.0. The maximum Gasteiger partial charge on any atom is 0.0813 e. The monoisotopic (exact) mass is 110 g/mol. The Hall–Kier alpha value is 0.740. The molecule has 0 saturated heterocycles. The van der Waals surface area contributed by atoms with Crippen LogP contribution in [0.5, 0.6) is 0 Å². The van der Waals surface area contributed by atoms with Crippen LogP contribution in [0.1, 0.15) is 6.92 Å². The van der Waals surface area contributed by atoms with E-state index in [9.17, 15) is 0 Å². The molecule has 0 aromatic heterocycles. The molecule has 0 radical (unpaired) electrons. The first-order valence-electron chi connectivity index (χ1n) is 1.42. The molecule has 1 atom stereocenters. The first-order chi connectivity index (χ1) is 2.27. The van der Waals surface area contributed by atoms with Gasteiger partial charge in [-0.3, -0.25) is 0 Å². The lowest BCUT2D eigenvalue weighted by Gasteiger charge is -1.89. The third-order valence-electron chi connectivity index (χ3n) is 0.283. The van der Waals surface area contributed by atoms with Gasteiger partial charge in [-0.25, -0.2) is 0 Å². The number of hydrogen-bond donors (Lipinski definition) is 2. The van der Waals surface area contributed by atoms with Gasteiger partial charge in [0.2, 0.25) is 0 Å². The van der Waals surface area contributed by atoms with Gasteiger partial charge in [0, 0.05) is 0 Å². The Kier molecular flexibility index (Phi) is 3.39. The molecule has 0 aromatic carbocycles. The van der Waals surface area contributed by atoms with Crippen LogP contribution in [0.3, 0.4) is 0 Å². The maximum absolute atomic E-state index is 8.29. The standard InChI is InChI=1S/C2H7OPS/c1-2-4(3)5/h3,5H,2H2,1H3. The van der Waals surface area contributed by atoms with E-state index in [0.717, 1.165) is 6.16 Å². The van der Waals surface area contributed by atoms with Crippen LogP contribution in [0, 0.1) is 0 Å². The van der Waals surface area contributed by atoms with Crippen LogP contribution < -0.4 is 0 Å². The van der Waals surface area contributed by atoms with E-state index in [-0.39, 0.29) is 0 Å². The zero-order valence-electron chi connectivity index (χ0n) is 3.05. The fourth-order valence-electron chi connectivity index (χ4n) is 0. The number of hydrogen-bond acceptors (Lipinski definition) is 2. The second-order valence-electron chi connectivity index (χ2n) is 0.689. The Balaban J connectivity index is 2.54. The molecule has 0 amide bonds. The molecule has 0 aliphatic rings. The highest BCUT2D eigenvalue weighted by atomic mass is 32.7. The minimum absolute atomic E-state index is 0.790. The second kappa shape index (κ2) is 2.95. The molecule has 32 valence electrons. The lowest BCUT2D eigenvalue weighted by Crippen LogP contribution is -1.59. The van der Waals surface area contributed by atoms with Gasteiger partial charge in [0.05, 0.1) is 7.35 Å². The molecule has 0 aliphatic carbocycles. The summed E-state index contributed by atoms with van der Waals surface area (Å²) in [5.74, 6) is 0. The third-order valence-corrected chi connectivity index (χ3v) is 1.70. The van der Waals surface area contributed by atoms with Crippen molar-refractivity contribution >= 4 is 19.6 Å². The van der Waals surface area contributed by atoms with Gasteiger partial charge in [-0.1, -0.05) is 6.92 Å². The Labute approximate surface area is 38.4 Å². The summed E-state index contributed by atoms with van der Waals surface area (Å²) >= 11 is 3.72. The van der Waals surface area contributed by atoms with Gasteiger partial charge in [0.25, 0.3) is 0 Å². The van der Waals surface area contributed by atoms with Crippen molar-refractivity contribution in [1.82, 2.24) is 0 Å². The molecule has 0 fully saturated rings. The van der Waals surface area contributed by atoms with Gasteiger partial charge in [-0.05, 0) is 6.16 Å². The van der Waals surface area contributed by atoms with Gasteiger partial charge in [-0.15, -0.1) is 12.2 Å². The maximum atomic E-state index is 8.29. The molecule has 0 rings (SSSR count). The fraction of sp³-hybridized carbons (Fsp3) is 1.00. The summed E-state index contributed by atoms with van der Waals surface area (Å²) in [5, 5.41) is 0. The first-order valence-corrected chi connectivity index (χ1v) is 4.06. The van der Waals surface area contributed by atoms with Gasteiger partial charge < -0.3 is 4.89 Å². The van der Waals surface area contributed by atoms with Crippen molar-refractivity contribution in [2.24, 2.45) is 0 Å². The van der Waals surface area contributed by atoms with Crippen LogP contribution in [-0.4, -0.2) is 11.1 Å². The van der Waals surface area contributed by atoms with Crippen molar-refractivity contribution in [2.45, 2.75) is 6.92 Å². The minimum Gasteiger partial charge on any atom is -0.363 e. The summed E-state index contributed by atoms with van der Waals surface area (Å²) in [7, 11) is -0.904. The van der Waals surface area contributed by atoms with Crippen LogP contribution in [-0.2, 0) is 0 Å². The average molecular weight is 110 g/mol. The molecular formula is C2H7OPS. The Morgan fingerprint density at radius 3 is 2.20 bits per heavy atom. The largest absolute Gasteiger partial charge is 0.363 e. The Morgan fingerprint density at radius 1 is 2.00 bits per heavy atom. The van der Waals surface area contributed by atoms with Gasteiger partial charge in [0.15, 0.2) is 0 Å². The molecule has 0 bridgehead atoms. The summed E-state index contributed by atoms with van der Waals surface area (Å²) < 4.78 is 0. The van der Waals surface area contributed by atoms with E-state index in [1.54, 1.807) is 0 Å². The molecule has 3 heteroatoms. The van der Waals surface area contributed by atoms with Crippen molar-refractivity contribution in [3.63, 3.8) is 0 Å². The van der Waals surface area contributed by atoms with Crippen molar-refractivity contribution in [1.29, 1.82) is 0 Å². The minimum atomic E-state index is -0.904. The lowest BCUT2D eigenvalue weighted by molar-refractivity contribution is 0.642. The number of thiol groups is 1. The highest BCUT2D eigenvalue weighted by molar-refractivity contribution is 8.43. The summed E-state index contributed by atoms with van der Waals surface area (Å²) in [6, 6.07) is 0. The molecule has 0 aromatic rings. The van der Waals surface area contributed by atoms with E-state index in [4.69, 9.17) is 4.89 Å². The van der Waals surface area contributed by atoms with Crippen LogP contribution in [0.25, 0.3) is 0 Å². The van der Waals surface area contributed by atoms with E-state index in [1.807, 2.05) is 6.92 Å². The summed E-state index contributed by atoms with van der Waals surface area (Å²) in [6.07, 6.45) is 0.790. The molecule has 1 N–H and O–H groups in total. The second-order valence-corrected chi connectivity index (χ2v) is 3.45. The van der Waals surface area contributed by atoms with Crippen molar-refractivity contribution in [3.8, 4) is 0 Å². The average Bonchev–Trinajstić information content (AvgIpc) is 1.38. The van der Waals surface area contributed by atoms with E-state index >= 15 is 0 Å². The molecule has 0 saturated carbocycles. The van der Waals surface area contributed by atoms with E-state index in [0.29, 0.717) is 0 Å². The van der Waals surface area contributed by atoms with Gasteiger partial charge >= 0.3 is 0 Å². The molecule has 0 spiro atoms. The summed E-state index contributed by atoms with van der Waals surface area (Å²) in [4.78, 5) is 8.29. The molecule has 1 nitrogen and oxygen atoms in total. The molecule has 1 unspecified atom stereocenters. The highest BCUT2D eigenvalue weighted by Gasteiger charge is 1.83. The molecule has 0 aliphatic heterocycles. The summed E-state index contributed by atoms with van der Waals surface area (Å²) in [6.45, 7) is 1.90. The predicted octanol–water partition coefficient (Wildman–Crippen LogP) is 1.24. The van der Waals surface area contributed by atoms with E-state index in [2.05, 4.69) is 12.2 Å². The van der Waals surface area contributed by atoms with Crippen LogP contribution in [0.15, 0.2) is 0 Å². The third kappa shape index (κ3) is 4.74. The van der Waals surface area contributed by atoms with Gasteiger partial charge in [0.1, 0.15) is 0 Å². The quantitative estimate of drug-likeness (QED) is 0.384. The topological polar surface area (TPSA) is 20.2 Å². The molecular weight excluding hydrogens is 103 g/mol. The molecule has 0 heterocycles.